The minimum absolute atomic E-state index is 0. The summed E-state index contributed by atoms with van der Waals surface area (Å²) in [6.45, 7) is 5.90. The first-order valence-electron chi connectivity index (χ1n) is 13.5. The number of carbonyl (C=O) groups is 1. The van der Waals surface area contributed by atoms with Crippen molar-refractivity contribution >= 4 is 42.1 Å². The topological polar surface area (TPSA) is 98.9 Å². The number of halogens is 1. The van der Waals surface area contributed by atoms with E-state index >= 15 is 0 Å². The Labute approximate surface area is 249 Å². The van der Waals surface area contributed by atoms with Crippen molar-refractivity contribution in [3.8, 4) is 11.5 Å². The number of nitrogens with zero attached hydrogens (tertiary/aromatic N) is 4. The number of carboxylic acid groups (broad SMARTS) is 1. The lowest BCUT2D eigenvalue weighted by Crippen LogP contribution is -2.47. The molecule has 3 aliphatic rings. The van der Waals surface area contributed by atoms with Crippen LogP contribution in [0, 0.1) is 5.92 Å². The molecule has 11 heteroatoms. The monoisotopic (exact) mass is 594 g/mol. The summed E-state index contributed by atoms with van der Waals surface area (Å²) in [6.07, 6.45) is 3.62. The molecule has 2 atom stereocenters. The third-order valence-corrected chi connectivity index (χ3v) is 8.24. The summed E-state index contributed by atoms with van der Waals surface area (Å²) in [5.41, 5.74) is 3.71. The van der Waals surface area contributed by atoms with Crippen LogP contribution in [0.2, 0.25) is 5.02 Å². The molecule has 0 aliphatic carbocycles. The van der Waals surface area contributed by atoms with Gasteiger partial charge in [0.1, 0.15) is 11.5 Å². The number of pyridine rings is 1. The first-order chi connectivity index (χ1) is 19.3. The van der Waals surface area contributed by atoms with E-state index in [-0.39, 0.29) is 25.2 Å². The normalized spacial score (nSPS) is 21.8. The zero-order chi connectivity index (χ0) is 27.4. The third kappa shape index (κ3) is 5.25. The second kappa shape index (κ2) is 10.8. The maximum absolute atomic E-state index is 11.6. The number of benzene rings is 2. The fraction of sp³-hybridized carbons (Fsp3) is 0.367. The molecule has 1 N–H and O–H groups in total. The Morgan fingerprint density at radius 3 is 2.71 bits per heavy atom. The van der Waals surface area contributed by atoms with E-state index in [1.54, 1.807) is 30.5 Å². The Hall–Kier alpha value is -3.31. The molecular formula is C30H31ClN4O5S. The molecule has 4 aromatic rings. The van der Waals surface area contributed by atoms with E-state index in [0.717, 1.165) is 66.5 Å². The number of fused-ring (bicyclic) bond motifs is 2. The molecule has 0 saturated carbocycles. The number of hydrogen-bond acceptors (Lipinski definition) is 7. The van der Waals surface area contributed by atoms with Crippen molar-refractivity contribution in [2.75, 3.05) is 19.7 Å². The Morgan fingerprint density at radius 2 is 2.00 bits per heavy atom. The standard InChI is InChI=1S/C30H29ClN4O5.H2S/c1-30(26-8-6-21(31)13-32-26)39-25-4-2-3-19(28(25)40-30)11-18-14-34(15-18)17-27-33-23-7-5-20(29(36)37)12-24(23)35(27)16-22-9-10-38-22;/h2-8,12-13,18,22H,9-11,14-17H2,1H3,(H,36,37);1H2/t22-,30?;/m0./s1. The van der Waals surface area contributed by atoms with Gasteiger partial charge in [-0.1, -0.05) is 23.7 Å². The van der Waals surface area contributed by atoms with Gasteiger partial charge in [-0.3, -0.25) is 9.88 Å². The first kappa shape index (κ1) is 27.8. The fourth-order valence-corrected chi connectivity index (χ4v) is 5.91. The van der Waals surface area contributed by atoms with Gasteiger partial charge in [-0.05, 0) is 60.7 Å². The predicted molar refractivity (Wildman–Crippen MR) is 158 cm³/mol. The van der Waals surface area contributed by atoms with Crippen LogP contribution in [0.3, 0.4) is 0 Å². The molecule has 2 saturated heterocycles. The number of ether oxygens (including phenoxy) is 3. The molecule has 214 valence electrons. The largest absolute Gasteiger partial charge is 0.478 e. The molecule has 0 spiro atoms. The highest BCUT2D eigenvalue weighted by molar-refractivity contribution is 7.59. The lowest BCUT2D eigenvalue weighted by atomic mass is 9.91. The molecule has 2 fully saturated rings. The lowest BCUT2D eigenvalue weighted by molar-refractivity contribution is -0.0722. The summed E-state index contributed by atoms with van der Waals surface area (Å²) < 4.78 is 20.4. The summed E-state index contributed by atoms with van der Waals surface area (Å²) >= 11 is 6.02. The molecule has 1 unspecified atom stereocenters. The SMILES string of the molecule is CC1(c2ccc(Cl)cn2)Oc2cccc(CC3CN(Cc4nc5ccc(C(=O)O)cc5n4C[C@@H]4CCO4)C3)c2O1.S. The van der Waals surface area contributed by atoms with Crippen molar-refractivity contribution < 1.29 is 24.1 Å². The first-order valence-corrected chi connectivity index (χ1v) is 13.9. The summed E-state index contributed by atoms with van der Waals surface area (Å²) in [7, 11) is 0. The quantitative estimate of drug-likeness (QED) is 0.304. The molecular weight excluding hydrogens is 564 g/mol. The number of para-hydroxylation sites is 1. The lowest BCUT2D eigenvalue weighted by Gasteiger charge is -2.39. The third-order valence-electron chi connectivity index (χ3n) is 8.01. The van der Waals surface area contributed by atoms with Crippen LogP contribution >= 0.6 is 25.1 Å². The Kier molecular flexibility index (Phi) is 7.35. The highest BCUT2D eigenvalue weighted by atomic mass is 35.5. The summed E-state index contributed by atoms with van der Waals surface area (Å²) in [4.78, 5) is 23.2. The van der Waals surface area contributed by atoms with E-state index in [2.05, 4.69) is 20.5 Å². The average molecular weight is 595 g/mol. The highest BCUT2D eigenvalue weighted by Crippen LogP contribution is 2.46. The predicted octanol–water partition coefficient (Wildman–Crippen LogP) is 5.00. The van der Waals surface area contributed by atoms with Crippen molar-refractivity contribution in [1.29, 1.82) is 0 Å². The number of hydrogen-bond donors (Lipinski definition) is 1. The van der Waals surface area contributed by atoms with Crippen molar-refractivity contribution in [3.63, 3.8) is 0 Å². The maximum atomic E-state index is 11.6. The van der Waals surface area contributed by atoms with E-state index in [9.17, 15) is 9.90 Å². The van der Waals surface area contributed by atoms with Gasteiger partial charge in [-0.2, -0.15) is 13.5 Å². The van der Waals surface area contributed by atoms with Crippen molar-refractivity contribution in [3.05, 3.63) is 82.4 Å². The minimum atomic E-state index is -1.00. The van der Waals surface area contributed by atoms with Crippen molar-refractivity contribution in [1.82, 2.24) is 19.4 Å². The van der Waals surface area contributed by atoms with Gasteiger partial charge in [0.25, 0.3) is 5.79 Å². The van der Waals surface area contributed by atoms with Crippen LogP contribution in [0.15, 0.2) is 54.7 Å². The van der Waals surface area contributed by atoms with Crippen LogP contribution in [0.5, 0.6) is 11.5 Å². The molecule has 9 nitrogen and oxygen atoms in total. The molecule has 7 rings (SSSR count). The molecule has 41 heavy (non-hydrogen) atoms. The van der Waals surface area contributed by atoms with Gasteiger partial charge < -0.3 is 23.9 Å². The number of aromatic nitrogens is 3. The molecule has 3 aliphatic heterocycles. The van der Waals surface area contributed by atoms with Gasteiger partial charge in [0.2, 0.25) is 0 Å². The zero-order valence-corrected chi connectivity index (χ0v) is 24.3. The maximum Gasteiger partial charge on any atom is 0.335 e. The number of imidazole rings is 1. The highest BCUT2D eigenvalue weighted by Gasteiger charge is 2.42. The van der Waals surface area contributed by atoms with Crippen LogP contribution in [-0.4, -0.2) is 56.3 Å². The number of aromatic carboxylic acids is 1. The van der Waals surface area contributed by atoms with E-state index < -0.39 is 11.8 Å². The van der Waals surface area contributed by atoms with Crippen LogP contribution in [0.4, 0.5) is 0 Å². The van der Waals surface area contributed by atoms with Gasteiger partial charge in [-0.25, -0.2) is 9.78 Å². The van der Waals surface area contributed by atoms with E-state index in [0.29, 0.717) is 29.7 Å². The summed E-state index contributed by atoms with van der Waals surface area (Å²) in [5.74, 6) is 0.973. The molecule has 5 heterocycles. The van der Waals surface area contributed by atoms with Crippen LogP contribution in [0.25, 0.3) is 11.0 Å². The van der Waals surface area contributed by atoms with Crippen LogP contribution < -0.4 is 9.47 Å². The summed E-state index contributed by atoms with van der Waals surface area (Å²) in [6, 6.07) is 14.8. The van der Waals surface area contributed by atoms with E-state index in [4.69, 9.17) is 30.8 Å². The second-order valence-corrected chi connectivity index (χ2v) is 11.4. The average Bonchev–Trinajstić information content (AvgIpc) is 3.42. The Balaban J connectivity index is 0.00000302. The number of rotatable bonds is 8. The fourth-order valence-electron chi connectivity index (χ4n) is 5.80. The van der Waals surface area contributed by atoms with Crippen LogP contribution in [0.1, 0.15) is 40.8 Å². The van der Waals surface area contributed by atoms with Gasteiger partial charge >= 0.3 is 5.97 Å². The molecule has 0 radical (unpaired) electrons. The molecule has 2 aromatic carbocycles. The van der Waals surface area contributed by atoms with Gasteiger partial charge in [0.15, 0.2) is 11.5 Å². The van der Waals surface area contributed by atoms with Gasteiger partial charge in [0, 0.05) is 32.8 Å². The van der Waals surface area contributed by atoms with Crippen LogP contribution in [-0.2, 0) is 30.0 Å². The van der Waals surface area contributed by atoms with Gasteiger partial charge in [-0.15, -0.1) is 0 Å². The minimum Gasteiger partial charge on any atom is -0.478 e. The molecule has 2 aromatic heterocycles. The number of likely N-dealkylation sites (tertiary alicyclic amines) is 1. The van der Waals surface area contributed by atoms with E-state index in [1.807, 2.05) is 25.1 Å². The summed E-state index contributed by atoms with van der Waals surface area (Å²) in [5, 5.41) is 10.1. The second-order valence-electron chi connectivity index (χ2n) is 10.9. The van der Waals surface area contributed by atoms with Crippen molar-refractivity contribution in [2.45, 2.75) is 44.7 Å². The molecule has 0 amide bonds. The molecule has 0 bridgehead atoms. The smallest absolute Gasteiger partial charge is 0.335 e. The van der Waals surface area contributed by atoms with Crippen molar-refractivity contribution in [2.24, 2.45) is 5.92 Å². The Morgan fingerprint density at radius 1 is 1.17 bits per heavy atom. The van der Waals surface area contributed by atoms with E-state index in [1.165, 1.54) is 0 Å². The number of carboxylic acids is 1. The zero-order valence-electron chi connectivity index (χ0n) is 22.5. The van der Waals surface area contributed by atoms with Gasteiger partial charge in [0.05, 0.1) is 40.8 Å². The Bertz CT molecular complexity index is 1600.